The second kappa shape index (κ2) is 6.56. The van der Waals surface area contributed by atoms with Crippen molar-refractivity contribution in [1.29, 1.82) is 0 Å². The van der Waals surface area contributed by atoms with Gasteiger partial charge in [0, 0.05) is 25.7 Å². The molecule has 24 heavy (non-hydrogen) atoms. The van der Waals surface area contributed by atoms with Crippen molar-refractivity contribution in [3.8, 4) is 5.75 Å². The Morgan fingerprint density at radius 3 is 2.79 bits per heavy atom. The van der Waals surface area contributed by atoms with E-state index < -0.39 is 10.8 Å². The van der Waals surface area contributed by atoms with Crippen LogP contribution in [0.3, 0.4) is 0 Å². The lowest BCUT2D eigenvalue weighted by atomic mass is 10.2. The Labute approximate surface area is 142 Å². The van der Waals surface area contributed by atoms with Crippen LogP contribution < -0.4 is 9.64 Å². The molecule has 0 bridgehead atoms. The highest BCUT2D eigenvalue weighted by atomic mass is 32.2. The van der Waals surface area contributed by atoms with E-state index >= 15 is 0 Å². The van der Waals surface area contributed by atoms with Gasteiger partial charge in [-0.15, -0.1) is 0 Å². The van der Waals surface area contributed by atoms with E-state index in [4.69, 9.17) is 4.74 Å². The summed E-state index contributed by atoms with van der Waals surface area (Å²) in [4.78, 5) is 17.9. The summed E-state index contributed by atoms with van der Waals surface area (Å²) in [5.74, 6) is 1.84. The van der Waals surface area contributed by atoms with Gasteiger partial charge in [-0.3, -0.25) is 4.21 Å². The average Bonchev–Trinajstić information content (AvgIpc) is 2.99. The number of H-pyrrole nitrogens is 1. The second-order valence-corrected chi connectivity index (χ2v) is 6.94. The molecular weight excluding hydrogens is 326 g/mol. The fourth-order valence-electron chi connectivity index (χ4n) is 2.47. The number of aromatic nitrogens is 4. The molecular formula is C16H19N5O2S. The predicted molar refractivity (Wildman–Crippen MR) is 93.9 cm³/mol. The van der Waals surface area contributed by atoms with Gasteiger partial charge in [0.05, 0.1) is 40.4 Å². The van der Waals surface area contributed by atoms with Crippen molar-refractivity contribution in [3.63, 3.8) is 0 Å². The molecule has 0 spiro atoms. The number of imidazole rings is 1. The molecule has 0 saturated carbocycles. The van der Waals surface area contributed by atoms with Crippen LogP contribution in [0.4, 0.5) is 5.82 Å². The lowest BCUT2D eigenvalue weighted by Gasteiger charge is -2.15. The van der Waals surface area contributed by atoms with Gasteiger partial charge >= 0.3 is 0 Å². The smallest absolute Gasteiger partial charge is 0.197 e. The van der Waals surface area contributed by atoms with E-state index in [0.29, 0.717) is 5.16 Å². The normalized spacial score (nSPS) is 12.3. The summed E-state index contributed by atoms with van der Waals surface area (Å²) in [5, 5.41) is 0.433. The van der Waals surface area contributed by atoms with E-state index in [1.165, 1.54) is 6.33 Å². The molecule has 0 radical (unpaired) electrons. The fraction of sp³-hybridized carbons (Fsp3) is 0.312. The molecule has 2 aromatic heterocycles. The zero-order chi connectivity index (χ0) is 17.3. The van der Waals surface area contributed by atoms with Crippen LogP contribution in [0.5, 0.6) is 5.75 Å². The molecule has 1 aromatic carbocycles. The van der Waals surface area contributed by atoms with Crippen LogP contribution in [-0.2, 0) is 16.6 Å². The predicted octanol–water partition coefficient (Wildman–Crippen LogP) is 2.04. The van der Waals surface area contributed by atoms with Gasteiger partial charge in [0.15, 0.2) is 5.16 Å². The van der Waals surface area contributed by atoms with Crippen molar-refractivity contribution >= 4 is 27.7 Å². The largest absolute Gasteiger partial charge is 0.497 e. The van der Waals surface area contributed by atoms with Crippen molar-refractivity contribution in [2.75, 3.05) is 26.1 Å². The minimum Gasteiger partial charge on any atom is -0.497 e. The van der Waals surface area contributed by atoms with Crippen molar-refractivity contribution < 1.29 is 8.95 Å². The van der Waals surface area contributed by atoms with Gasteiger partial charge in [0.2, 0.25) is 0 Å². The Hall–Kier alpha value is -2.48. The van der Waals surface area contributed by atoms with Crippen molar-refractivity contribution in [2.24, 2.45) is 0 Å². The summed E-state index contributed by atoms with van der Waals surface area (Å²) in [5.41, 5.74) is 3.23. The summed E-state index contributed by atoms with van der Waals surface area (Å²) >= 11 is 0. The Morgan fingerprint density at radius 1 is 1.29 bits per heavy atom. The van der Waals surface area contributed by atoms with Gasteiger partial charge in [0.25, 0.3) is 0 Å². The number of hydrogen-bond donors (Lipinski definition) is 1. The Morgan fingerprint density at radius 2 is 2.08 bits per heavy atom. The van der Waals surface area contributed by atoms with E-state index in [9.17, 15) is 4.21 Å². The SMILES string of the molecule is COc1ccc2nc(S(=O)Cc3ncnc(N(C)C)c3C)[nH]c2c1. The Bertz CT molecular complexity index is 907. The molecule has 0 amide bonds. The number of anilines is 1. The number of nitrogens with zero attached hydrogens (tertiary/aromatic N) is 4. The molecule has 1 atom stereocenters. The van der Waals surface area contributed by atoms with E-state index in [2.05, 4.69) is 19.9 Å². The fourth-order valence-corrected chi connectivity index (χ4v) is 3.57. The first kappa shape index (κ1) is 16.4. The monoisotopic (exact) mass is 345 g/mol. The van der Waals surface area contributed by atoms with Crippen LogP contribution in [-0.4, -0.2) is 45.3 Å². The number of aromatic amines is 1. The van der Waals surface area contributed by atoms with Gasteiger partial charge in [-0.2, -0.15) is 0 Å². The van der Waals surface area contributed by atoms with Gasteiger partial charge in [-0.05, 0) is 19.1 Å². The second-order valence-electron chi connectivity index (χ2n) is 5.58. The first-order valence-corrected chi connectivity index (χ1v) is 8.71. The highest BCUT2D eigenvalue weighted by Crippen LogP contribution is 2.22. The van der Waals surface area contributed by atoms with Crippen LogP contribution in [0.25, 0.3) is 11.0 Å². The van der Waals surface area contributed by atoms with Crippen LogP contribution in [0.15, 0.2) is 29.7 Å². The van der Waals surface area contributed by atoms with E-state index in [0.717, 1.165) is 33.9 Å². The molecule has 7 nitrogen and oxygen atoms in total. The molecule has 3 aromatic rings. The molecule has 1 N–H and O–H groups in total. The summed E-state index contributed by atoms with van der Waals surface area (Å²) in [7, 11) is 4.12. The quantitative estimate of drug-likeness (QED) is 0.762. The maximum absolute atomic E-state index is 12.7. The van der Waals surface area contributed by atoms with Crippen LogP contribution in [0.2, 0.25) is 0 Å². The van der Waals surface area contributed by atoms with Gasteiger partial charge in [-0.1, -0.05) is 0 Å². The van der Waals surface area contributed by atoms with Crippen molar-refractivity contribution in [1.82, 2.24) is 19.9 Å². The topological polar surface area (TPSA) is 84.0 Å². The van der Waals surface area contributed by atoms with Gasteiger partial charge in [0.1, 0.15) is 17.9 Å². The van der Waals surface area contributed by atoms with Crippen molar-refractivity contribution in [3.05, 3.63) is 35.8 Å². The zero-order valence-corrected chi connectivity index (χ0v) is 14.8. The minimum absolute atomic E-state index is 0.284. The third kappa shape index (κ3) is 3.09. The summed E-state index contributed by atoms with van der Waals surface area (Å²) < 4.78 is 17.9. The molecule has 1 unspecified atom stereocenters. The highest BCUT2D eigenvalue weighted by Gasteiger charge is 2.15. The Balaban J connectivity index is 1.89. The van der Waals surface area contributed by atoms with Crippen LogP contribution >= 0.6 is 0 Å². The Kier molecular flexibility index (Phi) is 4.48. The third-order valence-corrected chi connectivity index (χ3v) is 4.90. The lowest BCUT2D eigenvalue weighted by Crippen LogP contribution is -2.14. The van der Waals surface area contributed by atoms with Crippen molar-refractivity contribution in [2.45, 2.75) is 17.8 Å². The highest BCUT2D eigenvalue weighted by molar-refractivity contribution is 7.84. The molecule has 8 heteroatoms. The number of benzene rings is 1. The maximum atomic E-state index is 12.7. The molecule has 2 heterocycles. The third-order valence-electron chi connectivity index (χ3n) is 3.74. The van der Waals surface area contributed by atoms with Crippen LogP contribution in [0, 0.1) is 6.92 Å². The first-order chi connectivity index (χ1) is 11.5. The number of rotatable bonds is 5. The van der Waals surface area contributed by atoms with E-state index in [-0.39, 0.29) is 5.75 Å². The number of ether oxygens (including phenoxy) is 1. The standard InChI is InChI=1S/C16H19N5O2S/c1-10-14(17-9-18-15(10)21(2)3)8-24(22)16-19-12-6-5-11(23-4)7-13(12)20-16/h5-7,9H,8H2,1-4H3,(H,19,20). The molecule has 0 aliphatic rings. The molecule has 0 saturated heterocycles. The number of nitrogens with one attached hydrogen (secondary N) is 1. The number of fused-ring (bicyclic) bond motifs is 1. The summed E-state index contributed by atoms with van der Waals surface area (Å²) in [6.07, 6.45) is 1.50. The first-order valence-electron chi connectivity index (χ1n) is 7.39. The van der Waals surface area contributed by atoms with E-state index in [1.807, 2.05) is 44.1 Å². The summed E-state index contributed by atoms with van der Waals surface area (Å²) in [6, 6.07) is 5.50. The molecule has 0 fully saturated rings. The van der Waals surface area contributed by atoms with Crippen LogP contribution in [0.1, 0.15) is 11.3 Å². The average molecular weight is 345 g/mol. The lowest BCUT2D eigenvalue weighted by molar-refractivity contribution is 0.415. The number of methoxy groups -OCH3 is 1. The van der Waals surface area contributed by atoms with Gasteiger partial charge in [-0.25, -0.2) is 15.0 Å². The number of hydrogen-bond acceptors (Lipinski definition) is 6. The van der Waals surface area contributed by atoms with Gasteiger partial charge < -0.3 is 14.6 Å². The molecule has 126 valence electrons. The van der Waals surface area contributed by atoms with E-state index in [1.54, 1.807) is 7.11 Å². The zero-order valence-electron chi connectivity index (χ0n) is 14.0. The minimum atomic E-state index is -1.32. The molecule has 0 aliphatic heterocycles. The maximum Gasteiger partial charge on any atom is 0.197 e. The molecule has 3 rings (SSSR count). The summed E-state index contributed by atoms with van der Waals surface area (Å²) in [6.45, 7) is 1.94. The molecule has 0 aliphatic carbocycles.